The van der Waals surface area contributed by atoms with Gasteiger partial charge in [0.15, 0.2) is 5.78 Å². The van der Waals surface area contributed by atoms with E-state index in [-0.39, 0.29) is 5.69 Å². The standard InChI is InChI=1S/C17H14F3NO2/c1-11(15(22)12-6-3-2-4-7-12)16(23)21-14-9-5-8-13(10-14)17(18,19)20/h2-11H,1H3,(H,21,23)/t11-/m0/s1. The first-order valence-corrected chi connectivity index (χ1v) is 6.86. The molecule has 1 amide bonds. The molecule has 2 rings (SSSR count). The number of benzene rings is 2. The summed E-state index contributed by atoms with van der Waals surface area (Å²) in [6.07, 6.45) is -4.49. The summed E-state index contributed by atoms with van der Waals surface area (Å²) in [6, 6.07) is 12.5. The Morgan fingerprint density at radius 1 is 1.00 bits per heavy atom. The van der Waals surface area contributed by atoms with Crippen molar-refractivity contribution in [3.8, 4) is 0 Å². The third kappa shape index (κ3) is 4.18. The third-order valence-corrected chi connectivity index (χ3v) is 3.30. The lowest BCUT2D eigenvalue weighted by atomic mass is 9.98. The largest absolute Gasteiger partial charge is 0.416 e. The number of hydrogen-bond acceptors (Lipinski definition) is 2. The van der Waals surface area contributed by atoms with Crippen molar-refractivity contribution in [2.45, 2.75) is 13.1 Å². The van der Waals surface area contributed by atoms with Crippen LogP contribution in [0.4, 0.5) is 18.9 Å². The van der Waals surface area contributed by atoms with Gasteiger partial charge in [0.2, 0.25) is 5.91 Å². The van der Waals surface area contributed by atoms with E-state index in [1.807, 2.05) is 0 Å². The summed E-state index contributed by atoms with van der Waals surface area (Å²) in [6.45, 7) is 1.41. The van der Waals surface area contributed by atoms with Crippen LogP contribution in [0.2, 0.25) is 0 Å². The van der Waals surface area contributed by atoms with Crippen LogP contribution in [0.25, 0.3) is 0 Å². The molecule has 0 radical (unpaired) electrons. The van der Waals surface area contributed by atoms with Crippen LogP contribution in [-0.2, 0) is 11.0 Å². The van der Waals surface area contributed by atoms with Gasteiger partial charge in [0, 0.05) is 11.3 Å². The Morgan fingerprint density at radius 2 is 1.65 bits per heavy atom. The summed E-state index contributed by atoms with van der Waals surface area (Å²) in [5, 5.41) is 2.35. The van der Waals surface area contributed by atoms with Crippen LogP contribution in [0.15, 0.2) is 54.6 Å². The van der Waals surface area contributed by atoms with E-state index >= 15 is 0 Å². The molecule has 0 bridgehead atoms. The molecule has 2 aromatic rings. The number of rotatable bonds is 4. The average Bonchev–Trinajstić information content (AvgIpc) is 2.53. The topological polar surface area (TPSA) is 46.2 Å². The zero-order valence-corrected chi connectivity index (χ0v) is 12.2. The van der Waals surface area contributed by atoms with Crippen molar-refractivity contribution in [2.24, 2.45) is 5.92 Å². The van der Waals surface area contributed by atoms with Crippen LogP contribution >= 0.6 is 0 Å². The summed E-state index contributed by atoms with van der Waals surface area (Å²) in [7, 11) is 0. The second-order valence-electron chi connectivity index (χ2n) is 5.02. The lowest BCUT2D eigenvalue weighted by Crippen LogP contribution is -2.27. The zero-order chi connectivity index (χ0) is 17.0. The van der Waals surface area contributed by atoms with Gasteiger partial charge in [0.05, 0.1) is 11.5 Å². The van der Waals surface area contributed by atoms with Crippen LogP contribution in [-0.4, -0.2) is 11.7 Å². The fourth-order valence-corrected chi connectivity index (χ4v) is 2.00. The Bertz CT molecular complexity index is 711. The summed E-state index contributed by atoms with van der Waals surface area (Å²) in [5.74, 6) is -2.06. The number of anilines is 1. The van der Waals surface area contributed by atoms with Gasteiger partial charge in [0.1, 0.15) is 0 Å². The molecule has 0 heterocycles. The van der Waals surface area contributed by atoms with Gasteiger partial charge in [-0.05, 0) is 25.1 Å². The van der Waals surface area contributed by atoms with Crippen molar-refractivity contribution in [3.63, 3.8) is 0 Å². The SMILES string of the molecule is C[C@H](C(=O)Nc1cccc(C(F)(F)F)c1)C(=O)c1ccccc1. The second-order valence-corrected chi connectivity index (χ2v) is 5.02. The predicted molar refractivity (Wildman–Crippen MR) is 80.0 cm³/mol. The Kier molecular flexibility index (Phi) is 4.83. The number of amides is 1. The Balaban J connectivity index is 2.11. The molecule has 1 N–H and O–H groups in total. The lowest BCUT2D eigenvalue weighted by molar-refractivity contribution is -0.137. The van der Waals surface area contributed by atoms with E-state index in [1.165, 1.54) is 19.1 Å². The Labute approximate surface area is 131 Å². The molecular formula is C17H14F3NO2. The minimum Gasteiger partial charge on any atom is -0.325 e. The number of carbonyl (C=O) groups is 2. The molecule has 120 valence electrons. The number of alkyl halides is 3. The van der Waals surface area contributed by atoms with Gasteiger partial charge < -0.3 is 5.32 Å². The van der Waals surface area contributed by atoms with E-state index in [0.717, 1.165) is 12.1 Å². The van der Waals surface area contributed by atoms with Gasteiger partial charge in [-0.1, -0.05) is 36.4 Å². The molecule has 0 aliphatic heterocycles. The maximum absolute atomic E-state index is 12.6. The first-order valence-electron chi connectivity index (χ1n) is 6.86. The van der Waals surface area contributed by atoms with Gasteiger partial charge in [-0.2, -0.15) is 13.2 Å². The van der Waals surface area contributed by atoms with Crippen LogP contribution in [0, 0.1) is 5.92 Å². The highest BCUT2D eigenvalue weighted by molar-refractivity contribution is 6.13. The van der Waals surface area contributed by atoms with Crippen molar-refractivity contribution in [1.29, 1.82) is 0 Å². The molecule has 0 saturated carbocycles. The van der Waals surface area contributed by atoms with Crippen molar-refractivity contribution < 1.29 is 22.8 Å². The number of Topliss-reactive ketones (excluding diaryl/α,β-unsaturated/α-hetero) is 1. The maximum atomic E-state index is 12.6. The highest BCUT2D eigenvalue weighted by Gasteiger charge is 2.31. The minimum atomic E-state index is -4.49. The van der Waals surface area contributed by atoms with Crippen LogP contribution in [0.1, 0.15) is 22.8 Å². The maximum Gasteiger partial charge on any atom is 0.416 e. The summed E-state index contributed by atoms with van der Waals surface area (Å²) in [5.41, 5.74) is -0.492. The van der Waals surface area contributed by atoms with Crippen molar-refractivity contribution in [1.82, 2.24) is 0 Å². The molecule has 2 aromatic carbocycles. The number of nitrogens with one attached hydrogen (secondary N) is 1. The Morgan fingerprint density at radius 3 is 2.26 bits per heavy atom. The monoisotopic (exact) mass is 321 g/mol. The van der Waals surface area contributed by atoms with E-state index < -0.39 is 29.3 Å². The van der Waals surface area contributed by atoms with E-state index in [0.29, 0.717) is 5.56 Å². The van der Waals surface area contributed by atoms with E-state index in [9.17, 15) is 22.8 Å². The van der Waals surface area contributed by atoms with Gasteiger partial charge in [-0.3, -0.25) is 9.59 Å². The normalized spacial score (nSPS) is 12.5. The summed E-state index contributed by atoms with van der Waals surface area (Å²) < 4.78 is 37.9. The first-order chi connectivity index (χ1) is 10.8. The average molecular weight is 321 g/mol. The summed E-state index contributed by atoms with van der Waals surface area (Å²) in [4.78, 5) is 24.2. The van der Waals surface area contributed by atoms with Crippen molar-refractivity contribution >= 4 is 17.4 Å². The van der Waals surface area contributed by atoms with Crippen LogP contribution in [0.5, 0.6) is 0 Å². The minimum absolute atomic E-state index is 0.00228. The fourth-order valence-electron chi connectivity index (χ4n) is 2.00. The van der Waals surface area contributed by atoms with Crippen LogP contribution in [0.3, 0.4) is 0 Å². The van der Waals surface area contributed by atoms with E-state index in [2.05, 4.69) is 5.32 Å². The highest BCUT2D eigenvalue weighted by atomic mass is 19.4. The van der Waals surface area contributed by atoms with E-state index in [4.69, 9.17) is 0 Å². The molecule has 0 aliphatic carbocycles. The molecule has 23 heavy (non-hydrogen) atoms. The van der Waals surface area contributed by atoms with Crippen LogP contribution < -0.4 is 5.32 Å². The molecule has 0 aromatic heterocycles. The molecule has 0 spiro atoms. The smallest absolute Gasteiger partial charge is 0.325 e. The number of carbonyl (C=O) groups excluding carboxylic acids is 2. The number of ketones is 1. The molecular weight excluding hydrogens is 307 g/mol. The molecule has 0 aliphatic rings. The predicted octanol–water partition coefficient (Wildman–Crippen LogP) is 4.16. The molecule has 3 nitrogen and oxygen atoms in total. The second kappa shape index (κ2) is 6.64. The number of halogens is 3. The van der Waals surface area contributed by atoms with Gasteiger partial charge >= 0.3 is 6.18 Å². The summed E-state index contributed by atoms with van der Waals surface area (Å²) >= 11 is 0. The van der Waals surface area contributed by atoms with E-state index in [1.54, 1.807) is 30.3 Å². The van der Waals surface area contributed by atoms with Gasteiger partial charge in [-0.25, -0.2) is 0 Å². The Hall–Kier alpha value is -2.63. The fraction of sp³-hybridized carbons (Fsp3) is 0.176. The van der Waals surface area contributed by atoms with Gasteiger partial charge in [0.25, 0.3) is 0 Å². The quantitative estimate of drug-likeness (QED) is 0.679. The van der Waals surface area contributed by atoms with Gasteiger partial charge in [-0.15, -0.1) is 0 Å². The highest BCUT2D eigenvalue weighted by Crippen LogP contribution is 2.30. The molecule has 0 saturated heterocycles. The lowest BCUT2D eigenvalue weighted by Gasteiger charge is -2.13. The number of hydrogen-bond donors (Lipinski definition) is 1. The molecule has 0 fully saturated rings. The zero-order valence-electron chi connectivity index (χ0n) is 12.2. The molecule has 0 unspecified atom stereocenters. The van der Waals surface area contributed by atoms with Crippen molar-refractivity contribution in [3.05, 3.63) is 65.7 Å². The first kappa shape index (κ1) is 16.7. The molecule has 1 atom stereocenters. The van der Waals surface area contributed by atoms with Crippen molar-refractivity contribution in [2.75, 3.05) is 5.32 Å². The molecule has 6 heteroatoms. The third-order valence-electron chi connectivity index (χ3n) is 3.30.